The molecule has 0 amide bonds. The minimum absolute atomic E-state index is 0.181. The summed E-state index contributed by atoms with van der Waals surface area (Å²) in [5.41, 5.74) is 0. The molecule has 0 bridgehead atoms. The van der Waals surface area contributed by atoms with Gasteiger partial charge in [-0.3, -0.25) is 0 Å². The molecule has 0 spiro atoms. The van der Waals surface area contributed by atoms with E-state index in [9.17, 15) is 17.6 Å². The van der Waals surface area contributed by atoms with Crippen molar-refractivity contribution >= 4 is 0 Å². The van der Waals surface area contributed by atoms with Gasteiger partial charge in [0, 0.05) is 19.6 Å². The lowest BCUT2D eigenvalue weighted by atomic mass is 10.2. The van der Waals surface area contributed by atoms with Crippen LogP contribution in [0.4, 0.5) is 17.6 Å². The SMILES string of the molecule is CCC(F)(F)COC1CCCCO1.OCC(F)(F)COC1CCCCO1. The fourth-order valence-electron chi connectivity index (χ4n) is 2.26. The summed E-state index contributed by atoms with van der Waals surface area (Å²) in [6.45, 7) is 0.171. The minimum atomic E-state index is -3.15. The Morgan fingerprint density at radius 2 is 1.31 bits per heavy atom. The van der Waals surface area contributed by atoms with E-state index in [2.05, 4.69) is 0 Å². The van der Waals surface area contributed by atoms with Crippen LogP contribution in [0.5, 0.6) is 0 Å². The molecule has 156 valence electrons. The van der Waals surface area contributed by atoms with Gasteiger partial charge < -0.3 is 24.1 Å². The highest BCUT2D eigenvalue weighted by molar-refractivity contribution is 4.64. The maximum absolute atomic E-state index is 12.7. The standard InChI is InChI=1S/C9H16F2O2.C8H14F2O3/c1-2-9(10,11)7-13-8-5-3-4-6-12-8;9-8(10,5-11)6-13-7-3-1-2-4-12-7/h8H,2-7H2,1H3;7,11H,1-6H2. The molecule has 2 fully saturated rings. The third-order valence-corrected chi connectivity index (χ3v) is 3.99. The van der Waals surface area contributed by atoms with E-state index in [1.165, 1.54) is 6.92 Å². The Hall–Kier alpha value is -0.480. The van der Waals surface area contributed by atoms with Crippen molar-refractivity contribution in [2.24, 2.45) is 0 Å². The Morgan fingerprint density at radius 3 is 1.65 bits per heavy atom. The van der Waals surface area contributed by atoms with Crippen LogP contribution in [0.15, 0.2) is 0 Å². The van der Waals surface area contributed by atoms with Crippen LogP contribution < -0.4 is 0 Å². The van der Waals surface area contributed by atoms with Crippen molar-refractivity contribution in [2.45, 2.75) is 76.3 Å². The molecule has 2 atom stereocenters. The average molecular weight is 390 g/mol. The highest BCUT2D eigenvalue weighted by Crippen LogP contribution is 2.21. The Balaban J connectivity index is 0.000000260. The summed E-state index contributed by atoms with van der Waals surface area (Å²) in [6.07, 6.45) is 4.18. The van der Waals surface area contributed by atoms with Crippen molar-refractivity contribution in [3.05, 3.63) is 0 Å². The molecule has 5 nitrogen and oxygen atoms in total. The molecule has 0 radical (unpaired) electrons. The molecule has 0 aromatic carbocycles. The quantitative estimate of drug-likeness (QED) is 0.640. The van der Waals surface area contributed by atoms with Crippen LogP contribution in [-0.2, 0) is 18.9 Å². The van der Waals surface area contributed by atoms with Crippen molar-refractivity contribution in [1.82, 2.24) is 0 Å². The summed E-state index contributed by atoms with van der Waals surface area (Å²) < 4.78 is 70.4. The van der Waals surface area contributed by atoms with Gasteiger partial charge in [0.25, 0.3) is 11.8 Å². The van der Waals surface area contributed by atoms with Crippen LogP contribution in [0, 0.1) is 0 Å². The van der Waals surface area contributed by atoms with E-state index in [4.69, 9.17) is 24.1 Å². The first kappa shape index (κ1) is 23.6. The number of hydrogen-bond donors (Lipinski definition) is 1. The molecular weight excluding hydrogens is 360 g/mol. The van der Waals surface area contributed by atoms with E-state index in [1.807, 2.05) is 0 Å². The van der Waals surface area contributed by atoms with Crippen LogP contribution in [0.3, 0.4) is 0 Å². The second-order valence-corrected chi connectivity index (χ2v) is 6.44. The van der Waals surface area contributed by atoms with Gasteiger partial charge in [-0.2, -0.15) is 0 Å². The molecule has 2 aliphatic heterocycles. The lowest BCUT2D eigenvalue weighted by Crippen LogP contribution is -2.33. The Bertz CT molecular complexity index is 325. The first-order valence-electron chi connectivity index (χ1n) is 9.11. The van der Waals surface area contributed by atoms with Gasteiger partial charge in [-0.05, 0) is 38.5 Å². The minimum Gasteiger partial charge on any atom is -0.390 e. The molecule has 2 saturated heterocycles. The van der Waals surface area contributed by atoms with Gasteiger partial charge in [-0.1, -0.05) is 6.92 Å². The summed E-state index contributed by atoms with van der Waals surface area (Å²) in [4.78, 5) is 0. The maximum Gasteiger partial charge on any atom is 0.293 e. The first-order chi connectivity index (χ1) is 12.3. The van der Waals surface area contributed by atoms with E-state index in [0.29, 0.717) is 19.6 Å². The van der Waals surface area contributed by atoms with Crippen molar-refractivity contribution in [2.75, 3.05) is 33.0 Å². The second-order valence-electron chi connectivity index (χ2n) is 6.44. The predicted molar refractivity (Wildman–Crippen MR) is 86.4 cm³/mol. The second kappa shape index (κ2) is 12.1. The first-order valence-corrected chi connectivity index (χ1v) is 9.11. The lowest BCUT2D eigenvalue weighted by Gasteiger charge is -2.24. The smallest absolute Gasteiger partial charge is 0.293 e. The fourth-order valence-corrected chi connectivity index (χ4v) is 2.26. The number of hydrogen-bond acceptors (Lipinski definition) is 5. The maximum atomic E-state index is 12.7. The van der Waals surface area contributed by atoms with Crippen LogP contribution in [-0.4, -0.2) is 62.6 Å². The Labute approximate surface area is 151 Å². The van der Waals surface area contributed by atoms with Gasteiger partial charge >= 0.3 is 0 Å². The molecule has 2 rings (SSSR count). The molecule has 0 aromatic rings. The molecule has 2 unspecified atom stereocenters. The Kier molecular flexibility index (Phi) is 10.9. The van der Waals surface area contributed by atoms with Gasteiger partial charge in [0.05, 0.1) is 0 Å². The Morgan fingerprint density at radius 1 is 0.846 bits per heavy atom. The molecule has 26 heavy (non-hydrogen) atoms. The van der Waals surface area contributed by atoms with Gasteiger partial charge in [-0.15, -0.1) is 0 Å². The van der Waals surface area contributed by atoms with Crippen LogP contribution in [0.2, 0.25) is 0 Å². The zero-order valence-corrected chi connectivity index (χ0v) is 15.2. The summed E-state index contributed by atoms with van der Waals surface area (Å²) >= 11 is 0. The average Bonchev–Trinajstić information content (AvgIpc) is 2.67. The highest BCUT2D eigenvalue weighted by atomic mass is 19.3. The summed E-state index contributed by atoms with van der Waals surface area (Å²) in [5, 5.41) is 8.25. The molecular formula is C17H30F4O5. The molecule has 0 saturated carbocycles. The molecule has 9 heteroatoms. The van der Waals surface area contributed by atoms with Gasteiger partial charge in [-0.25, -0.2) is 17.6 Å². The largest absolute Gasteiger partial charge is 0.390 e. The molecule has 2 aliphatic rings. The van der Waals surface area contributed by atoms with Gasteiger partial charge in [0.2, 0.25) is 0 Å². The van der Waals surface area contributed by atoms with Crippen molar-refractivity contribution in [3.8, 4) is 0 Å². The van der Waals surface area contributed by atoms with Gasteiger partial charge in [0.15, 0.2) is 12.6 Å². The molecule has 0 aromatic heterocycles. The van der Waals surface area contributed by atoms with E-state index < -0.39 is 44.2 Å². The third-order valence-electron chi connectivity index (χ3n) is 3.99. The summed E-state index contributed by atoms with van der Waals surface area (Å²) in [6, 6.07) is 0. The molecule has 0 aliphatic carbocycles. The highest BCUT2D eigenvalue weighted by Gasteiger charge is 2.30. The van der Waals surface area contributed by atoms with Crippen molar-refractivity contribution < 1.29 is 41.6 Å². The number of rotatable bonds is 8. The van der Waals surface area contributed by atoms with Crippen LogP contribution >= 0.6 is 0 Å². The number of aliphatic hydroxyl groups excluding tert-OH is 1. The lowest BCUT2D eigenvalue weighted by molar-refractivity contribution is -0.206. The fraction of sp³-hybridized carbons (Fsp3) is 1.00. The normalized spacial score (nSPS) is 24.7. The summed E-state index contributed by atoms with van der Waals surface area (Å²) in [5.74, 6) is -5.86. The molecule has 2 heterocycles. The summed E-state index contributed by atoms with van der Waals surface area (Å²) in [7, 11) is 0. The van der Waals surface area contributed by atoms with Crippen LogP contribution in [0.1, 0.15) is 51.9 Å². The van der Waals surface area contributed by atoms with Gasteiger partial charge in [0.1, 0.15) is 19.8 Å². The number of aliphatic hydroxyl groups is 1. The zero-order valence-electron chi connectivity index (χ0n) is 15.2. The number of halogens is 4. The zero-order chi connectivity index (χ0) is 19.5. The van der Waals surface area contributed by atoms with E-state index >= 15 is 0 Å². The molecule has 1 N–H and O–H groups in total. The van der Waals surface area contributed by atoms with Crippen LogP contribution in [0.25, 0.3) is 0 Å². The third kappa shape index (κ3) is 10.6. The van der Waals surface area contributed by atoms with Crippen molar-refractivity contribution in [3.63, 3.8) is 0 Å². The van der Waals surface area contributed by atoms with Crippen molar-refractivity contribution in [1.29, 1.82) is 0 Å². The predicted octanol–water partition coefficient (Wildman–Crippen LogP) is 3.73. The van der Waals surface area contributed by atoms with E-state index in [-0.39, 0.29) is 6.42 Å². The topological polar surface area (TPSA) is 57.2 Å². The number of ether oxygens (including phenoxy) is 4. The number of alkyl halides is 4. The monoisotopic (exact) mass is 390 g/mol. The van der Waals surface area contributed by atoms with E-state index in [1.54, 1.807) is 0 Å². The van der Waals surface area contributed by atoms with E-state index in [0.717, 1.165) is 32.1 Å².